The second-order valence-electron chi connectivity index (χ2n) is 4.27. The molecule has 0 bridgehead atoms. The van der Waals surface area contributed by atoms with Gasteiger partial charge in [0.05, 0.1) is 6.04 Å². The summed E-state index contributed by atoms with van der Waals surface area (Å²) in [5.74, 6) is 0.208. The number of amides is 1. The zero-order valence-electron chi connectivity index (χ0n) is 9.56. The number of rotatable bonds is 4. The summed E-state index contributed by atoms with van der Waals surface area (Å²) >= 11 is 1.69. The normalized spacial score (nSPS) is 25.4. The molecule has 2 unspecified atom stereocenters. The van der Waals surface area contributed by atoms with E-state index in [4.69, 9.17) is 5.73 Å². The number of carbonyl (C=O) groups is 1. The third-order valence-electron chi connectivity index (χ3n) is 3.06. The van der Waals surface area contributed by atoms with E-state index in [0.29, 0.717) is 6.42 Å². The molecule has 1 fully saturated rings. The van der Waals surface area contributed by atoms with Crippen LogP contribution in [-0.2, 0) is 4.79 Å². The number of hydrogen-bond donors (Lipinski definition) is 1. The highest BCUT2D eigenvalue weighted by atomic mass is 32.1. The van der Waals surface area contributed by atoms with Crippen LogP contribution in [0.4, 0.5) is 0 Å². The van der Waals surface area contributed by atoms with Gasteiger partial charge < -0.3 is 10.6 Å². The Hall–Kier alpha value is -0.870. The summed E-state index contributed by atoms with van der Waals surface area (Å²) < 4.78 is 0. The average molecular weight is 238 g/mol. The summed E-state index contributed by atoms with van der Waals surface area (Å²) in [4.78, 5) is 15.0. The van der Waals surface area contributed by atoms with E-state index >= 15 is 0 Å². The van der Waals surface area contributed by atoms with Gasteiger partial charge in [-0.05, 0) is 17.9 Å². The topological polar surface area (TPSA) is 46.3 Å². The van der Waals surface area contributed by atoms with Crippen LogP contribution in [0.3, 0.4) is 0 Å². The SMILES string of the molecule is CCCCN1C(=O)CC(N)C1c1cccs1. The van der Waals surface area contributed by atoms with Crippen molar-refractivity contribution >= 4 is 17.2 Å². The molecule has 16 heavy (non-hydrogen) atoms. The minimum Gasteiger partial charge on any atom is -0.333 e. The second-order valence-corrected chi connectivity index (χ2v) is 5.25. The highest BCUT2D eigenvalue weighted by Crippen LogP contribution is 2.34. The first-order valence-corrected chi connectivity index (χ1v) is 6.70. The van der Waals surface area contributed by atoms with Gasteiger partial charge in [0.15, 0.2) is 0 Å². The van der Waals surface area contributed by atoms with Crippen LogP contribution < -0.4 is 5.73 Å². The van der Waals surface area contributed by atoms with Crippen molar-refractivity contribution in [3.05, 3.63) is 22.4 Å². The number of hydrogen-bond acceptors (Lipinski definition) is 3. The molecule has 0 radical (unpaired) electrons. The van der Waals surface area contributed by atoms with Crippen molar-refractivity contribution in [2.45, 2.75) is 38.3 Å². The molecule has 1 aliphatic rings. The summed E-state index contributed by atoms with van der Waals surface area (Å²) in [6, 6.07) is 4.17. The molecule has 0 aromatic carbocycles. The van der Waals surface area contributed by atoms with Crippen molar-refractivity contribution in [2.24, 2.45) is 5.73 Å². The van der Waals surface area contributed by atoms with Crippen LogP contribution in [0, 0.1) is 0 Å². The Morgan fingerprint density at radius 1 is 1.62 bits per heavy atom. The lowest BCUT2D eigenvalue weighted by atomic mass is 10.1. The van der Waals surface area contributed by atoms with Crippen LogP contribution in [0.5, 0.6) is 0 Å². The standard InChI is InChI=1S/C12H18N2OS/c1-2-3-6-14-11(15)8-9(13)12(14)10-5-4-7-16-10/h4-5,7,9,12H,2-3,6,8,13H2,1H3. The number of likely N-dealkylation sites (tertiary alicyclic amines) is 1. The van der Waals surface area contributed by atoms with Gasteiger partial charge in [-0.1, -0.05) is 19.4 Å². The molecule has 1 aromatic heterocycles. The van der Waals surface area contributed by atoms with Gasteiger partial charge >= 0.3 is 0 Å². The fourth-order valence-electron chi connectivity index (χ4n) is 2.23. The first-order valence-electron chi connectivity index (χ1n) is 5.82. The molecule has 88 valence electrons. The van der Waals surface area contributed by atoms with Crippen molar-refractivity contribution in [2.75, 3.05) is 6.54 Å². The van der Waals surface area contributed by atoms with Gasteiger partial charge in [-0.2, -0.15) is 0 Å². The zero-order chi connectivity index (χ0) is 11.5. The minimum atomic E-state index is -0.0389. The molecule has 1 aromatic rings. The summed E-state index contributed by atoms with van der Waals surface area (Å²) in [5.41, 5.74) is 6.07. The molecule has 0 aliphatic carbocycles. The Kier molecular flexibility index (Phi) is 3.61. The third-order valence-corrected chi connectivity index (χ3v) is 4.00. The number of nitrogens with two attached hydrogens (primary N) is 1. The van der Waals surface area contributed by atoms with Crippen molar-refractivity contribution in [1.82, 2.24) is 4.90 Å². The number of unbranched alkanes of at least 4 members (excludes halogenated alkanes) is 1. The van der Waals surface area contributed by atoms with Crippen LogP contribution in [0.15, 0.2) is 17.5 Å². The number of carbonyl (C=O) groups excluding carboxylic acids is 1. The molecule has 4 heteroatoms. The Labute approximate surface area is 100 Å². The van der Waals surface area contributed by atoms with E-state index < -0.39 is 0 Å². The summed E-state index contributed by atoms with van der Waals surface area (Å²) in [6.45, 7) is 2.98. The lowest BCUT2D eigenvalue weighted by Gasteiger charge is -2.25. The molecule has 1 saturated heterocycles. The average Bonchev–Trinajstić information content (AvgIpc) is 2.83. The lowest BCUT2D eigenvalue weighted by Crippen LogP contribution is -2.33. The van der Waals surface area contributed by atoms with Gasteiger partial charge in [0.25, 0.3) is 0 Å². The Morgan fingerprint density at radius 3 is 3.06 bits per heavy atom. The Bertz CT molecular complexity index is 350. The lowest BCUT2D eigenvalue weighted by molar-refractivity contribution is -0.129. The van der Waals surface area contributed by atoms with Crippen LogP contribution in [0.1, 0.15) is 37.1 Å². The Morgan fingerprint density at radius 2 is 2.44 bits per heavy atom. The van der Waals surface area contributed by atoms with Crippen molar-refractivity contribution in [3.63, 3.8) is 0 Å². The number of thiophene rings is 1. The molecule has 2 N–H and O–H groups in total. The first-order chi connectivity index (χ1) is 7.74. The smallest absolute Gasteiger partial charge is 0.224 e. The van der Waals surface area contributed by atoms with Crippen molar-refractivity contribution < 1.29 is 4.79 Å². The highest BCUT2D eigenvalue weighted by Gasteiger charge is 2.38. The van der Waals surface area contributed by atoms with Gasteiger partial charge in [0, 0.05) is 23.9 Å². The molecule has 1 amide bonds. The molecular weight excluding hydrogens is 220 g/mol. The monoisotopic (exact) mass is 238 g/mol. The van der Waals surface area contributed by atoms with Crippen LogP contribution in [0.2, 0.25) is 0 Å². The molecule has 0 saturated carbocycles. The van der Waals surface area contributed by atoms with Crippen LogP contribution in [-0.4, -0.2) is 23.4 Å². The van der Waals surface area contributed by atoms with Gasteiger partial charge in [-0.25, -0.2) is 0 Å². The van der Waals surface area contributed by atoms with E-state index in [9.17, 15) is 4.79 Å². The summed E-state index contributed by atoms with van der Waals surface area (Å²) in [6.07, 6.45) is 2.66. The van der Waals surface area contributed by atoms with E-state index in [-0.39, 0.29) is 18.0 Å². The maximum absolute atomic E-state index is 11.8. The zero-order valence-corrected chi connectivity index (χ0v) is 10.4. The van der Waals surface area contributed by atoms with Gasteiger partial charge in [0.1, 0.15) is 0 Å². The number of nitrogens with zero attached hydrogens (tertiary/aromatic N) is 1. The van der Waals surface area contributed by atoms with Gasteiger partial charge in [-0.15, -0.1) is 11.3 Å². The van der Waals surface area contributed by atoms with Gasteiger partial charge in [0.2, 0.25) is 5.91 Å². The Balaban J connectivity index is 2.16. The highest BCUT2D eigenvalue weighted by molar-refractivity contribution is 7.10. The second kappa shape index (κ2) is 4.97. The fraction of sp³-hybridized carbons (Fsp3) is 0.583. The molecule has 3 nitrogen and oxygen atoms in total. The molecule has 2 heterocycles. The van der Waals surface area contributed by atoms with E-state index in [1.807, 2.05) is 16.3 Å². The quantitative estimate of drug-likeness (QED) is 0.873. The van der Waals surface area contributed by atoms with E-state index in [1.165, 1.54) is 4.88 Å². The molecule has 2 atom stereocenters. The van der Waals surface area contributed by atoms with E-state index in [0.717, 1.165) is 19.4 Å². The minimum absolute atomic E-state index is 0.0389. The largest absolute Gasteiger partial charge is 0.333 e. The van der Waals surface area contributed by atoms with E-state index in [2.05, 4.69) is 13.0 Å². The van der Waals surface area contributed by atoms with Crippen LogP contribution >= 0.6 is 11.3 Å². The van der Waals surface area contributed by atoms with Gasteiger partial charge in [-0.3, -0.25) is 4.79 Å². The molecule has 1 aliphatic heterocycles. The first kappa shape index (κ1) is 11.6. The van der Waals surface area contributed by atoms with Crippen molar-refractivity contribution in [3.8, 4) is 0 Å². The summed E-state index contributed by atoms with van der Waals surface area (Å²) in [7, 11) is 0. The maximum Gasteiger partial charge on any atom is 0.224 e. The molecule has 0 spiro atoms. The molecular formula is C12H18N2OS. The fourth-order valence-corrected chi connectivity index (χ4v) is 3.15. The van der Waals surface area contributed by atoms with Crippen molar-refractivity contribution in [1.29, 1.82) is 0 Å². The maximum atomic E-state index is 11.8. The predicted octanol–water partition coefficient (Wildman–Crippen LogP) is 2.15. The molecule has 2 rings (SSSR count). The predicted molar refractivity (Wildman–Crippen MR) is 66.3 cm³/mol. The van der Waals surface area contributed by atoms with Crippen LogP contribution in [0.25, 0.3) is 0 Å². The summed E-state index contributed by atoms with van der Waals surface area (Å²) in [5, 5.41) is 2.04. The third kappa shape index (κ3) is 2.13. The van der Waals surface area contributed by atoms with E-state index in [1.54, 1.807) is 11.3 Å².